The van der Waals surface area contributed by atoms with E-state index in [9.17, 15) is 9.18 Å². The van der Waals surface area contributed by atoms with Crippen LogP contribution in [0.2, 0.25) is 0 Å². The molecule has 1 heterocycles. The molecule has 1 saturated heterocycles. The van der Waals surface area contributed by atoms with Crippen molar-refractivity contribution in [1.29, 1.82) is 0 Å². The van der Waals surface area contributed by atoms with Crippen LogP contribution < -0.4 is 11.1 Å². The number of anilines is 1. The van der Waals surface area contributed by atoms with Gasteiger partial charge in [-0.2, -0.15) is 0 Å². The van der Waals surface area contributed by atoms with Crippen LogP contribution in [0.1, 0.15) is 26.3 Å². The van der Waals surface area contributed by atoms with Gasteiger partial charge in [0, 0.05) is 18.8 Å². The predicted octanol–water partition coefficient (Wildman–Crippen LogP) is 1.86. The molecule has 0 radical (unpaired) electrons. The summed E-state index contributed by atoms with van der Waals surface area (Å²) in [6.45, 7) is 9.80. The molecule has 7 nitrogen and oxygen atoms in total. The van der Waals surface area contributed by atoms with Gasteiger partial charge in [-0.1, -0.05) is 11.2 Å². The van der Waals surface area contributed by atoms with E-state index < -0.39 is 12.0 Å². The average molecular weight is 366 g/mol. The number of aryl methyl sites for hydroxylation is 1. The number of halogens is 1. The number of morpholine rings is 1. The van der Waals surface area contributed by atoms with Crippen LogP contribution in [0.3, 0.4) is 0 Å². The van der Waals surface area contributed by atoms with Crippen molar-refractivity contribution in [2.75, 3.05) is 31.6 Å². The largest absolute Gasteiger partial charge is 0.383 e. The average Bonchev–Trinajstić information content (AvgIpc) is 2.55. The Bertz CT molecular complexity index is 678. The van der Waals surface area contributed by atoms with E-state index in [0.717, 1.165) is 13.1 Å². The molecule has 8 heteroatoms. The molecular weight excluding hydrogens is 339 g/mol. The lowest BCUT2D eigenvalue weighted by Gasteiger charge is -2.37. The highest BCUT2D eigenvalue weighted by Gasteiger charge is 2.27. The molecule has 0 spiro atoms. The van der Waals surface area contributed by atoms with E-state index in [0.29, 0.717) is 24.4 Å². The first-order valence-corrected chi connectivity index (χ1v) is 8.58. The van der Waals surface area contributed by atoms with Gasteiger partial charge in [-0.3, -0.25) is 9.69 Å². The van der Waals surface area contributed by atoms with Crippen molar-refractivity contribution in [3.05, 3.63) is 29.6 Å². The van der Waals surface area contributed by atoms with Gasteiger partial charge in [-0.25, -0.2) is 4.39 Å². The molecule has 3 N–H and O–H groups in total. The minimum atomic E-state index is -0.862. The number of nitrogens with two attached hydrogens (primary N) is 1. The zero-order chi connectivity index (χ0) is 19.3. The quantitative estimate of drug-likeness (QED) is 0.456. The van der Waals surface area contributed by atoms with Crippen molar-refractivity contribution >= 4 is 17.4 Å². The second-order valence-electron chi connectivity index (χ2n) is 7.10. The Morgan fingerprint density at radius 3 is 2.92 bits per heavy atom. The molecule has 1 aliphatic rings. The molecule has 26 heavy (non-hydrogen) atoms. The van der Waals surface area contributed by atoms with E-state index in [1.165, 1.54) is 6.07 Å². The number of amidine groups is 1. The van der Waals surface area contributed by atoms with E-state index in [1.807, 2.05) is 13.8 Å². The smallest absolute Gasteiger partial charge is 0.267 e. The number of nitrogens with one attached hydrogen (secondary N) is 1. The first kappa shape index (κ1) is 20.1. The van der Waals surface area contributed by atoms with Gasteiger partial charge in [0.15, 0.2) is 5.84 Å². The second kappa shape index (κ2) is 8.46. The summed E-state index contributed by atoms with van der Waals surface area (Å²) in [5.41, 5.74) is 6.54. The Balaban J connectivity index is 1.83. The highest BCUT2D eigenvalue weighted by molar-refractivity contribution is 5.94. The lowest BCUT2D eigenvalue weighted by molar-refractivity contribution is -0.126. The summed E-state index contributed by atoms with van der Waals surface area (Å²) in [4.78, 5) is 19.4. The van der Waals surface area contributed by atoms with Crippen LogP contribution in [0, 0.1) is 12.7 Å². The topological polar surface area (TPSA) is 89.2 Å². The molecule has 0 saturated carbocycles. The van der Waals surface area contributed by atoms with Gasteiger partial charge in [0.05, 0.1) is 18.8 Å². The molecule has 2 rings (SSSR count). The lowest BCUT2D eigenvalue weighted by atomic mass is 10.1. The number of amides is 1. The van der Waals surface area contributed by atoms with Crippen molar-refractivity contribution in [2.45, 2.75) is 39.4 Å². The maximum Gasteiger partial charge on any atom is 0.267 e. The highest BCUT2D eigenvalue weighted by atomic mass is 19.1. The minimum Gasteiger partial charge on any atom is -0.383 e. The Morgan fingerprint density at radius 2 is 2.27 bits per heavy atom. The van der Waals surface area contributed by atoms with E-state index in [2.05, 4.69) is 15.4 Å². The molecule has 1 aliphatic heterocycles. The third-order valence-corrected chi connectivity index (χ3v) is 4.03. The number of carbonyl (C=O) groups is 1. The van der Waals surface area contributed by atoms with Crippen LogP contribution in [0.4, 0.5) is 10.1 Å². The van der Waals surface area contributed by atoms with E-state index in [-0.39, 0.29) is 17.3 Å². The van der Waals surface area contributed by atoms with Crippen LogP contribution >= 0.6 is 0 Å². The molecule has 0 aliphatic carbocycles. The van der Waals surface area contributed by atoms with E-state index >= 15 is 0 Å². The molecule has 1 amide bonds. The number of carbonyl (C=O) groups excluding carboxylic acids is 1. The van der Waals surface area contributed by atoms with Crippen LogP contribution in [0.15, 0.2) is 23.4 Å². The van der Waals surface area contributed by atoms with Gasteiger partial charge in [-0.05, 0) is 45.4 Å². The van der Waals surface area contributed by atoms with Gasteiger partial charge < -0.3 is 20.6 Å². The number of oxime groups is 1. The molecule has 0 bridgehead atoms. The van der Waals surface area contributed by atoms with Gasteiger partial charge in [-0.15, -0.1) is 0 Å². The number of hydrogen-bond acceptors (Lipinski definition) is 5. The zero-order valence-corrected chi connectivity index (χ0v) is 15.7. The summed E-state index contributed by atoms with van der Waals surface area (Å²) in [7, 11) is 0. The van der Waals surface area contributed by atoms with Crippen LogP contribution in [0.25, 0.3) is 0 Å². The summed E-state index contributed by atoms with van der Waals surface area (Å²) < 4.78 is 19.2. The second-order valence-corrected chi connectivity index (χ2v) is 7.10. The fraction of sp³-hybridized carbons (Fsp3) is 0.556. The molecule has 1 aromatic carbocycles. The van der Waals surface area contributed by atoms with E-state index in [4.69, 9.17) is 15.3 Å². The van der Waals surface area contributed by atoms with Crippen molar-refractivity contribution in [1.82, 2.24) is 4.90 Å². The van der Waals surface area contributed by atoms with Crippen molar-refractivity contribution in [3.63, 3.8) is 0 Å². The molecule has 1 fully saturated rings. The lowest BCUT2D eigenvalue weighted by Crippen LogP contribution is -2.50. The number of hydrogen-bond donors (Lipinski definition) is 2. The summed E-state index contributed by atoms with van der Waals surface area (Å²) >= 11 is 0. The highest BCUT2D eigenvalue weighted by Crippen LogP contribution is 2.16. The Hall–Kier alpha value is -2.19. The summed E-state index contributed by atoms with van der Waals surface area (Å²) in [5, 5.41) is 6.42. The molecule has 1 unspecified atom stereocenters. The third-order valence-electron chi connectivity index (χ3n) is 4.03. The van der Waals surface area contributed by atoms with Crippen LogP contribution in [-0.2, 0) is 14.4 Å². The number of benzene rings is 1. The number of rotatable bonds is 6. The molecule has 1 aromatic rings. The van der Waals surface area contributed by atoms with Gasteiger partial charge in [0.25, 0.3) is 5.91 Å². The van der Waals surface area contributed by atoms with Crippen molar-refractivity contribution in [3.8, 4) is 0 Å². The predicted molar refractivity (Wildman–Crippen MR) is 98.4 cm³/mol. The summed E-state index contributed by atoms with van der Waals surface area (Å²) in [6.07, 6.45) is -0.862. The number of nitrogens with zero attached hydrogens (tertiary/aromatic N) is 2. The first-order chi connectivity index (χ1) is 12.2. The summed E-state index contributed by atoms with van der Waals surface area (Å²) in [6, 6.07) is 4.48. The Morgan fingerprint density at radius 1 is 1.54 bits per heavy atom. The normalized spacial score (nSPS) is 19.0. The van der Waals surface area contributed by atoms with Gasteiger partial charge in [0.2, 0.25) is 6.10 Å². The van der Waals surface area contributed by atoms with Gasteiger partial charge in [0.1, 0.15) is 5.82 Å². The SMILES string of the molecule is Cc1ccc(NC(=O)C(C)O/N=C(/N)CN2CCOC(C)(C)C2)cc1F. The first-order valence-electron chi connectivity index (χ1n) is 8.58. The Labute approximate surface area is 153 Å². The molecular formula is C18H27FN4O3. The third kappa shape index (κ3) is 5.96. The fourth-order valence-corrected chi connectivity index (χ4v) is 2.62. The molecule has 1 atom stereocenters. The van der Waals surface area contributed by atoms with Crippen molar-refractivity contribution < 1.29 is 18.8 Å². The molecule has 144 valence electrons. The molecule has 0 aromatic heterocycles. The van der Waals surface area contributed by atoms with Gasteiger partial charge >= 0.3 is 0 Å². The zero-order valence-electron chi connectivity index (χ0n) is 15.7. The van der Waals surface area contributed by atoms with E-state index in [1.54, 1.807) is 26.0 Å². The fourth-order valence-electron chi connectivity index (χ4n) is 2.62. The maximum absolute atomic E-state index is 13.5. The number of ether oxygens (including phenoxy) is 1. The Kier molecular flexibility index (Phi) is 6.55. The monoisotopic (exact) mass is 366 g/mol. The summed E-state index contributed by atoms with van der Waals surface area (Å²) in [5.74, 6) is -0.534. The van der Waals surface area contributed by atoms with Crippen LogP contribution in [-0.4, -0.2) is 54.6 Å². The maximum atomic E-state index is 13.5. The standard InChI is InChI=1S/C18H27FN4O3/c1-12-5-6-14(9-15(12)19)21-17(24)13(2)26-22-16(20)10-23-7-8-25-18(3,4)11-23/h5-6,9,13H,7-8,10-11H2,1-4H3,(H2,20,22)(H,21,24). The van der Waals surface area contributed by atoms with Crippen LogP contribution in [0.5, 0.6) is 0 Å². The minimum absolute atomic E-state index is 0.226. The van der Waals surface area contributed by atoms with Crippen molar-refractivity contribution in [2.24, 2.45) is 10.9 Å².